The average Bonchev–Trinajstić information content (AvgIpc) is 2.90. The molecule has 0 saturated heterocycles. The van der Waals surface area contributed by atoms with E-state index in [-0.39, 0.29) is 0 Å². The Labute approximate surface area is 140 Å². The van der Waals surface area contributed by atoms with Crippen LogP contribution in [0.25, 0.3) is 11.0 Å². The van der Waals surface area contributed by atoms with Crippen LogP contribution in [0.5, 0.6) is 5.75 Å². The molecule has 2 aromatic carbocycles. The van der Waals surface area contributed by atoms with Crippen LogP contribution >= 0.6 is 11.6 Å². The molecule has 0 saturated carbocycles. The fourth-order valence-electron chi connectivity index (χ4n) is 2.79. The first kappa shape index (κ1) is 15.7. The number of rotatable bonds is 4. The Morgan fingerprint density at radius 3 is 2.52 bits per heavy atom. The minimum Gasteiger partial charge on any atom is -0.480 e. The van der Waals surface area contributed by atoms with E-state index in [4.69, 9.17) is 27.1 Å². The summed E-state index contributed by atoms with van der Waals surface area (Å²) in [5, 5.41) is 0.700. The largest absolute Gasteiger partial charge is 0.480 e. The van der Waals surface area contributed by atoms with Gasteiger partial charge in [-0.25, -0.2) is 4.98 Å². The van der Waals surface area contributed by atoms with Gasteiger partial charge in [-0.05, 0) is 57.2 Å². The van der Waals surface area contributed by atoms with Gasteiger partial charge in [-0.15, -0.1) is 0 Å². The quantitative estimate of drug-likeness (QED) is 0.711. The molecular weight excluding hydrogens is 310 g/mol. The summed E-state index contributed by atoms with van der Waals surface area (Å²) >= 11 is 6.37. The van der Waals surface area contributed by atoms with E-state index in [2.05, 4.69) is 11.5 Å². The number of benzene rings is 2. The van der Waals surface area contributed by atoms with Gasteiger partial charge in [0.2, 0.25) is 0 Å². The number of imidazole rings is 1. The van der Waals surface area contributed by atoms with Crippen LogP contribution in [0.15, 0.2) is 42.5 Å². The molecule has 120 valence electrons. The van der Waals surface area contributed by atoms with Crippen molar-refractivity contribution < 1.29 is 4.74 Å². The third-order valence-electron chi connectivity index (χ3n) is 3.83. The van der Waals surface area contributed by atoms with Crippen molar-refractivity contribution in [3.8, 4) is 5.75 Å². The van der Waals surface area contributed by atoms with Gasteiger partial charge in [0.15, 0.2) is 11.4 Å². The number of hydrogen-bond acceptors (Lipinski definition) is 3. The Hall–Kier alpha value is -2.20. The molecule has 0 aliphatic carbocycles. The van der Waals surface area contributed by atoms with E-state index < -0.39 is 5.60 Å². The number of nitrogen functional groups attached to an aromatic ring is 1. The number of fused-ring (bicyclic) bond motifs is 1. The lowest BCUT2D eigenvalue weighted by atomic mass is 10.1. The molecular formula is C18H20ClN3O. The maximum Gasteiger partial charge on any atom is 0.161 e. The van der Waals surface area contributed by atoms with Crippen LogP contribution in [0.1, 0.15) is 26.6 Å². The summed E-state index contributed by atoms with van der Waals surface area (Å²) in [6, 6.07) is 13.1. The van der Waals surface area contributed by atoms with E-state index in [0.29, 0.717) is 10.7 Å². The van der Waals surface area contributed by atoms with Crippen LogP contribution in [0.3, 0.4) is 0 Å². The molecule has 0 bridgehead atoms. The highest BCUT2D eigenvalue weighted by atomic mass is 35.5. The van der Waals surface area contributed by atoms with Gasteiger partial charge in [-0.1, -0.05) is 17.7 Å². The number of ether oxygens (including phenoxy) is 1. The van der Waals surface area contributed by atoms with Gasteiger partial charge in [0.25, 0.3) is 0 Å². The molecule has 4 nitrogen and oxygen atoms in total. The molecule has 0 fully saturated rings. The Morgan fingerprint density at radius 2 is 1.87 bits per heavy atom. The predicted molar refractivity (Wildman–Crippen MR) is 94.9 cm³/mol. The molecule has 3 aromatic rings. The number of nitrogens with two attached hydrogens (primary N) is 1. The molecule has 0 atom stereocenters. The minimum atomic E-state index is -0.603. The van der Waals surface area contributed by atoms with E-state index in [1.165, 1.54) is 0 Å². The normalized spacial score (nSPS) is 11.8. The number of nitrogens with zero attached hydrogens (tertiary/aromatic N) is 2. The number of aryl methyl sites for hydroxylation is 1. The van der Waals surface area contributed by atoms with Crippen molar-refractivity contribution in [3.63, 3.8) is 0 Å². The molecule has 0 aliphatic heterocycles. The SMILES string of the molecule is CCn1c(C(C)(C)Oc2ccc(N)cc2)nc2cccc(Cl)c21. The summed E-state index contributed by atoms with van der Waals surface area (Å²) < 4.78 is 8.28. The van der Waals surface area contributed by atoms with Crippen molar-refractivity contribution in [1.82, 2.24) is 9.55 Å². The molecule has 1 heterocycles. The van der Waals surface area contributed by atoms with Crippen LogP contribution in [0, 0.1) is 0 Å². The second kappa shape index (κ2) is 5.78. The lowest BCUT2D eigenvalue weighted by Crippen LogP contribution is -2.29. The third-order valence-corrected chi connectivity index (χ3v) is 4.13. The molecule has 0 spiro atoms. The van der Waals surface area contributed by atoms with Crippen LogP contribution in [0.4, 0.5) is 5.69 Å². The van der Waals surface area contributed by atoms with E-state index in [1.807, 2.05) is 56.3 Å². The van der Waals surface area contributed by atoms with E-state index in [9.17, 15) is 0 Å². The number of aromatic nitrogens is 2. The van der Waals surface area contributed by atoms with Crippen LogP contribution in [-0.4, -0.2) is 9.55 Å². The highest BCUT2D eigenvalue weighted by Crippen LogP contribution is 2.32. The summed E-state index contributed by atoms with van der Waals surface area (Å²) in [6.45, 7) is 6.85. The lowest BCUT2D eigenvalue weighted by molar-refractivity contribution is 0.0949. The number of para-hydroxylation sites is 1. The molecule has 0 amide bonds. The van der Waals surface area contributed by atoms with Gasteiger partial charge >= 0.3 is 0 Å². The van der Waals surface area contributed by atoms with E-state index in [1.54, 1.807) is 0 Å². The second-order valence-corrected chi connectivity index (χ2v) is 6.38. The van der Waals surface area contributed by atoms with Crippen LogP contribution in [0.2, 0.25) is 5.02 Å². The zero-order valence-electron chi connectivity index (χ0n) is 13.5. The van der Waals surface area contributed by atoms with Crippen molar-refractivity contribution >= 4 is 28.3 Å². The highest BCUT2D eigenvalue weighted by molar-refractivity contribution is 6.35. The summed E-state index contributed by atoms with van der Waals surface area (Å²) in [4.78, 5) is 4.76. The van der Waals surface area contributed by atoms with Crippen molar-refractivity contribution in [2.24, 2.45) is 0 Å². The Morgan fingerprint density at radius 1 is 1.17 bits per heavy atom. The molecule has 3 rings (SSSR count). The topological polar surface area (TPSA) is 53.1 Å². The third kappa shape index (κ3) is 2.86. The van der Waals surface area contributed by atoms with E-state index in [0.717, 1.165) is 29.2 Å². The van der Waals surface area contributed by atoms with Gasteiger partial charge < -0.3 is 15.0 Å². The molecule has 0 unspecified atom stereocenters. The zero-order chi connectivity index (χ0) is 16.6. The van der Waals surface area contributed by atoms with Gasteiger partial charge in [0.1, 0.15) is 5.75 Å². The molecule has 2 N–H and O–H groups in total. The lowest BCUT2D eigenvalue weighted by Gasteiger charge is -2.26. The van der Waals surface area contributed by atoms with Gasteiger partial charge in [0.05, 0.1) is 16.1 Å². The van der Waals surface area contributed by atoms with Crippen LogP contribution < -0.4 is 10.5 Å². The monoisotopic (exact) mass is 329 g/mol. The number of hydrogen-bond donors (Lipinski definition) is 1. The summed E-state index contributed by atoms with van der Waals surface area (Å²) in [5.41, 5.74) is 7.66. The molecule has 1 aromatic heterocycles. The first-order valence-electron chi connectivity index (χ1n) is 7.62. The highest BCUT2D eigenvalue weighted by Gasteiger charge is 2.30. The van der Waals surface area contributed by atoms with Crippen molar-refractivity contribution in [3.05, 3.63) is 53.3 Å². The number of halogens is 1. The summed E-state index contributed by atoms with van der Waals surface area (Å²) in [6.07, 6.45) is 0. The van der Waals surface area contributed by atoms with E-state index >= 15 is 0 Å². The number of anilines is 1. The molecule has 23 heavy (non-hydrogen) atoms. The standard InChI is InChI=1S/C18H20ClN3O/c1-4-22-16-14(19)6-5-7-15(16)21-17(22)18(2,3)23-13-10-8-12(20)9-11-13/h5-11H,4,20H2,1-3H3. The maximum absolute atomic E-state index is 6.37. The molecule has 0 radical (unpaired) electrons. The fraction of sp³-hybridized carbons (Fsp3) is 0.278. The Kier molecular flexibility index (Phi) is 3.94. The van der Waals surface area contributed by atoms with Crippen LogP contribution in [-0.2, 0) is 12.1 Å². The van der Waals surface area contributed by atoms with Crippen molar-refractivity contribution in [2.75, 3.05) is 5.73 Å². The Balaban J connectivity index is 2.07. The van der Waals surface area contributed by atoms with Crippen molar-refractivity contribution in [2.45, 2.75) is 32.9 Å². The van der Waals surface area contributed by atoms with Gasteiger partial charge in [0, 0.05) is 12.2 Å². The fourth-order valence-corrected chi connectivity index (χ4v) is 3.06. The van der Waals surface area contributed by atoms with Gasteiger partial charge in [-0.2, -0.15) is 0 Å². The first-order valence-corrected chi connectivity index (χ1v) is 8.00. The molecule has 0 aliphatic rings. The molecule has 5 heteroatoms. The van der Waals surface area contributed by atoms with Crippen molar-refractivity contribution in [1.29, 1.82) is 0 Å². The summed E-state index contributed by atoms with van der Waals surface area (Å²) in [5.74, 6) is 1.60. The summed E-state index contributed by atoms with van der Waals surface area (Å²) in [7, 11) is 0. The van der Waals surface area contributed by atoms with Gasteiger partial charge in [-0.3, -0.25) is 0 Å². The maximum atomic E-state index is 6.37. The Bertz CT molecular complexity index is 837. The second-order valence-electron chi connectivity index (χ2n) is 5.97. The minimum absolute atomic E-state index is 0.603. The first-order chi connectivity index (χ1) is 10.9. The zero-order valence-corrected chi connectivity index (χ0v) is 14.3. The smallest absolute Gasteiger partial charge is 0.161 e. The average molecular weight is 330 g/mol. The predicted octanol–water partition coefficient (Wildman–Crippen LogP) is 4.61.